The Bertz CT molecular complexity index is 1550. The van der Waals surface area contributed by atoms with E-state index in [1.165, 1.54) is 39.2 Å². The van der Waals surface area contributed by atoms with Crippen LogP contribution in [0.4, 0.5) is 17.6 Å². The summed E-state index contributed by atoms with van der Waals surface area (Å²) >= 11 is 0. The van der Waals surface area contributed by atoms with Gasteiger partial charge in [0.05, 0.1) is 11.0 Å². The van der Waals surface area contributed by atoms with Gasteiger partial charge in [-0.25, -0.2) is 9.37 Å². The van der Waals surface area contributed by atoms with Crippen molar-refractivity contribution in [1.29, 1.82) is 0 Å². The van der Waals surface area contributed by atoms with E-state index in [1.54, 1.807) is 0 Å². The number of fused-ring (bicyclic) bond motifs is 2. The summed E-state index contributed by atoms with van der Waals surface area (Å²) in [5.41, 5.74) is -4.16. The van der Waals surface area contributed by atoms with Gasteiger partial charge in [0, 0.05) is 27.2 Å². The Morgan fingerprint density at radius 3 is 2.33 bits per heavy atom. The Kier molecular flexibility index (Phi) is 8.26. The second kappa shape index (κ2) is 11.3. The summed E-state index contributed by atoms with van der Waals surface area (Å²) in [6.45, 7) is -0.700. The molecule has 0 saturated heterocycles. The number of amides is 4. The lowest BCUT2D eigenvalue weighted by atomic mass is 9.67. The average molecular weight is 611 g/mol. The second-order valence-corrected chi connectivity index (χ2v) is 11.1. The van der Waals surface area contributed by atoms with Gasteiger partial charge in [0.2, 0.25) is 11.7 Å². The second-order valence-electron chi connectivity index (χ2n) is 11.1. The minimum atomic E-state index is -4.70. The van der Waals surface area contributed by atoms with Crippen LogP contribution in [0.15, 0.2) is 23.0 Å². The summed E-state index contributed by atoms with van der Waals surface area (Å²) in [4.78, 5) is 70.3. The number of carbonyl (C=O) groups excluding carboxylic acids is 4. The van der Waals surface area contributed by atoms with E-state index >= 15 is 0 Å². The predicted molar refractivity (Wildman–Crippen MR) is 141 cm³/mol. The fraction of sp³-hybridized carbons (Fsp3) is 0.481. The predicted octanol–water partition coefficient (Wildman–Crippen LogP) is 0.979. The molecule has 0 atom stereocenters. The first kappa shape index (κ1) is 31.4. The number of nitrogens with zero attached hydrogens (tertiary/aromatic N) is 3. The minimum absolute atomic E-state index is 0.109. The number of hydrogen-bond acceptors (Lipinski definition) is 7. The smallest absolute Gasteiger partial charge is 0.405 e. The molecule has 3 heterocycles. The molecule has 43 heavy (non-hydrogen) atoms. The van der Waals surface area contributed by atoms with E-state index in [-0.39, 0.29) is 38.1 Å². The van der Waals surface area contributed by atoms with Gasteiger partial charge in [-0.15, -0.1) is 0 Å². The molecule has 1 aromatic heterocycles. The van der Waals surface area contributed by atoms with E-state index < -0.39 is 76.7 Å². The lowest BCUT2D eigenvalue weighted by Gasteiger charge is -2.41. The number of carbonyl (C=O) groups is 4. The zero-order chi connectivity index (χ0) is 31.9. The molecule has 2 bridgehead atoms. The molecule has 3 aliphatic rings. The first-order valence-corrected chi connectivity index (χ1v) is 13.2. The van der Waals surface area contributed by atoms with Crippen LogP contribution in [0.1, 0.15) is 53.1 Å². The maximum Gasteiger partial charge on any atom is 0.405 e. The Morgan fingerprint density at radius 2 is 1.74 bits per heavy atom. The Morgan fingerprint density at radius 1 is 1.09 bits per heavy atom. The van der Waals surface area contributed by atoms with Gasteiger partial charge in [-0.1, -0.05) is 12.1 Å². The van der Waals surface area contributed by atoms with Gasteiger partial charge < -0.3 is 26.0 Å². The number of likely N-dealkylation sites (N-methyl/N-ethyl adjacent to an activating group) is 1. The summed E-state index contributed by atoms with van der Waals surface area (Å²) in [6, 6.07) is 4.12. The van der Waals surface area contributed by atoms with E-state index in [0.717, 1.165) is 9.47 Å². The number of aryl methyl sites for hydroxylation is 1. The van der Waals surface area contributed by atoms with Gasteiger partial charge in [-0.05, 0) is 49.8 Å². The first-order valence-electron chi connectivity index (χ1n) is 13.2. The number of hydrogen-bond donors (Lipinski definition) is 4. The average Bonchev–Trinajstić information content (AvgIpc) is 3.17. The molecule has 0 spiro atoms. The molecule has 1 aromatic carbocycles. The van der Waals surface area contributed by atoms with Crippen molar-refractivity contribution in [3.05, 3.63) is 57.0 Å². The first-order chi connectivity index (χ1) is 20.0. The zero-order valence-electron chi connectivity index (χ0n) is 23.5. The molecule has 4 N–H and O–H groups in total. The number of alkyl halides is 3. The largest absolute Gasteiger partial charge is 0.501 e. The third-order valence-corrected chi connectivity index (χ3v) is 7.87. The molecule has 4 amide bonds. The number of benzene rings is 1. The van der Waals surface area contributed by atoms with Crippen molar-refractivity contribution in [3.63, 3.8) is 0 Å². The zero-order valence-corrected chi connectivity index (χ0v) is 23.5. The highest BCUT2D eigenvalue weighted by Gasteiger charge is 2.55. The van der Waals surface area contributed by atoms with Crippen LogP contribution < -0.4 is 21.5 Å². The Hall–Kier alpha value is -4.50. The number of halogens is 4. The summed E-state index contributed by atoms with van der Waals surface area (Å²) in [5, 5.41) is 17.7. The van der Waals surface area contributed by atoms with Crippen molar-refractivity contribution in [2.75, 3.05) is 20.6 Å². The number of rotatable bonds is 6. The minimum Gasteiger partial charge on any atom is -0.501 e. The van der Waals surface area contributed by atoms with Crippen molar-refractivity contribution in [3.8, 4) is 5.75 Å². The van der Waals surface area contributed by atoms with Gasteiger partial charge in [-0.2, -0.15) is 13.2 Å². The maximum atomic E-state index is 13.6. The van der Waals surface area contributed by atoms with Gasteiger partial charge in [0.15, 0.2) is 5.69 Å². The van der Waals surface area contributed by atoms with E-state index in [9.17, 15) is 46.6 Å². The highest BCUT2D eigenvalue weighted by molar-refractivity contribution is 6.35. The van der Waals surface area contributed by atoms with Crippen LogP contribution in [0.3, 0.4) is 0 Å². The number of aromatic nitrogens is 2. The van der Waals surface area contributed by atoms with E-state index in [2.05, 4.69) is 15.6 Å². The van der Waals surface area contributed by atoms with Crippen LogP contribution in [0.5, 0.6) is 5.75 Å². The summed E-state index contributed by atoms with van der Waals surface area (Å²) in [6.07, 6.45) is -5.15. The van der Waals surface area contributed by atoms with Crippen LogP contribution in [0.2, 0.25) is 0 Å². The molecule has 232 valence electrons. The molecule has 1 aliphatic carbocycles. The molecule has 5 rings (SSSR count). The van der Waals surface area contributed by atoms with Gasteiger partial charge in [-0.3, -0.25) is 28.5 Å². The molecule has 2 aromatic rings. The van der Waals surface area contributed by atoms with E-state index in [0.29, 0.717) is 11.1 Å². The Labute approximate surface area is 242 Å². The maximum absolute atomic E-state index is 13.6. The van der Waals surface area contributed by atoms with Crippen LogP contribution in [-0.2, 0) is 33.0 Å². The highest BCUT2D eigenvalue weighted by atomic mass is 19.4. The normalized spacial score (nSPS) is 20.9. The van der Waals surface area contributed by atoms with Crippen molar-refractivity contribution >= 4 is 23.6 Å². The number of nitrogens with one attached hydrogen (secondary N) is 3. The number of aromatic hydroxyl groups is 1. The summed E-state index contributed by atoms with van der Waals surface area (Å²) in [5.74, 6) is -5.76. The molecular weight excluding hydrogens is 580 g/mol. The molecule has 12 nitrogen and oxygen atoms in total. The van der Waals surface area contributed by atoms with E-state index in [1.807, 2.05) is 5.32 Å². The quantitative estimate of drug-likeness (QED) is 0.280. The molecule has 0 unspecified atom stereocenters. The van der Waals surface area contributed by atoms with Crippen LogP contribution in [-0.4, -0.2) is 70.0 Å². The summed E-state index contributed by atoms with van der Waals surface area (Å²) < 4.78 is 53.1. The third-order valence-electron chi connectivity index (χ3n) is 7.87. The molecule has 2 aliphatic heterocycles. The fourth-order valence-corrected chi connectivity index (χ4v) is 5.46. The molecule has 0 radical (unpaired) electrons. The van der Waals surface area contributed by atoms with Crippen molar-refractivity contribution in [2.24, 2.45) is 5.41 Å². The van der Waals surface area contributed by atoms with Crippen LogP contribution >= 0.6 is 0 Å². The van der Waals surface area contributed by atoms with Crippen molar-refractivity contribution in [2.45, 2.75) is 57.4 Å². The third kappa shape index (κ3) is 6.17. The van der Waals surface area contributed by atoms with Crippen LogP contribution in [0, 0.1) is 18.2 Å². The monoisotopic (exact) mass is 610 g/mol. The molecule has 1 fully saturated rings. The lowest BCUT2D eigenvalue weighted by Crippen LogP contribution is -2.55. The van der Waals surface area contributed by atoms with Gasteiger partial charge in [0.1, 0.15) is 18.2 Å². The van der Waals surface area contributed by atoms with Gasteiger partial charge >= 0.3 is 18.0 Å². The Balaban J connectivity index is 1.76. The molecular formula is C27H30F4N6O6. The van der Waals surface area contributed by atoms with Crippen LogP contribution in [0.25, 0.3) is 0 Å². The fourth-order valence-electron chi connectivity index (χ4n) is 5.46. The molecule has 16 heteroatoms. The van der Waals surface area contributed by atoms with E-state index in [4.69, 9.17) is 0 Å². The topological polar surface area (TPSA) is 163 Å². The van der Waals surface area contributed by atoms with Crippen molar-refractivity contribution < 1.29 is 41.8 Å². The standard InChI is InChI=1S/C27H30F4N6O6/c1-14-10-15(4-5-16(14)28)11-32-19(39)17-18(38)21(41)37-13-25(24(43)33-12-27(29,30)31)6-8-26(9-7-25,23(37)34-17)35-20(40)22(42)36(2)3/h4-5,10,38H,6-9,11-13H2,1-3H3,(H,32,39)(H,33,43)(H,35,40). The van der Waals surface area contributed by atoms with Crippen molar-refractivity contribution in [1.82, 2.24) is 30.4 Å². The summed E-state index contributed by atoms with van der Waals surface area (Å²) in [7, 11) is 2.67. The highest BCUT2D eigenvalue weighted by Crippen LogP contribution is 2.49. The lowest BCUT2D eigenvalue weighted by molar-refractivity contribution is -0.148. The SMILES string of the molecule is Cc1cc(CNC(=O)c2nc3n(c(=O)c2O)CC2(C(=O)NCC(F)(F)F)CCC3(NC(=O)C(=O)N(C)C)CC2)ccc1F. The van der Waals surface area contributed by atoms with Gasteiger partial charge in [0.25, 0.3) is 11.5 Å². The molecule has 1 saturated carbocycles.